The Morgan fingerprint density at radius 3 is 2.88 bits per heavy atom. The predicted octanol–water partition coefficient (Wildman–Crippen LogP) is 1.95. The zero-order valence-corrected chi connectivity index (χ0v) is 9.32. The Bertz CT molecular complexity index is 418. The van der Waals surface area contributed by atoms with Crippen LogP contribution in [0.15, 0.2) is 18.2 Å². The van der Waals surface area contributed by atoms with Gasteiger partial charge in [0.2, 0.25) is 0 Å². The number of carbonyl (C=O) groups excluding carboxylic acids is 1. The van der Waals surface area contributed by atoms with Crippen LogP contribution in [0.5, 0.6) is 0 Å². The minimum atomic E-state index is -0.599. The molecule has 1 saturated carbocycles. The van der Waals surface area contributed by atoms with Crippen LogP contribution in [0.1, 0.15) is 23.2 Å². The van der Waals surface area contributed by atoms with Crippen LogP contribution in [-0.4, -0.2) is 19.4 Å². The average Bonchev–Trinajstić information content (AvgIpc) is 3.08. The molecule has 1 aliphatic rings. The van der Waals surface area contributed by atoms with Crippen LogP contribution in [0.2, 0.25) is 0 Å². The first-order chi connectivity index (χ1) is 8.16. The van der Waals surface area contributed by atoms with Crippen LogP contribution in [0, 0.1) is 11.7 Å². The molecule has 0 spiro atoms. The molecule has 5 heteroatoms. The summed E-state index contributed by atoms with van der Waals surface area (Å²) in [4.78, 5) is 11.5. The van der Waals surface area contributed by atoms with Gasteiger partial charge in [-0.1, -0.05) is 0 Å². The Hall–Kier alpha value is -1.62. The zero-order valence-electron chi connectivity index (χ0n) is 9.32. The van der Waals surface area contributed by atoms with Gasteiger partial charge in [0.05, 0.1) is 12.2 Å². The Labute approximate surface area is 98.5 Å². The summed E-state index contributed by atoms with van der Waals surface area (Å²) >= 11 is 0. The maximum Gasteiger partial charge on any atom is 0.342 e. The second-order valence-corrected chi connectivity index (χ2v) is 4.10. The van der Waals surface area contributed by atoms with Crippen molar-refractivity contribution in [1.29, 1.82) is 0 Å². The normalized spacial score (nSPS) is 14.6. The van der Waals surface area contributed by atoms with Crippen molar-refractivity contribution in [2.75, 3.05) is 19.1 Å². The molecule has 0 unspecified atom stereocenters. The molecule has 4 nitrogen and oxygen atoms in total. The highest BCUT2D eigenvalue weighted by Gasteiger charge is 2.21. The molecule has 0 amide bonds. The Kier molecular flexibility index (Phi) is 3.58. The summed E-state index contributed by atoms with van der Waals surface area (Å²) in [6.45, 7) is 0.526. The van der Waals surface area contributed by atoms with Crippen LogP contribution in [0.4, 0.5) is 10.1 Å². The highest BCUT2D eigenvalue weighted by atomic mass is 19.1. The van der Waals surface area contributed by atoms with E-state index in [-0.39, 0.29) is 18.0 Å². The van der Waals surface area contributed by atoms with Gasteiger partial charge >= 0.3 is 5.97 Å². The number of hydrogen-bond acceptors (Lipinski definition) is 4. The van der Waals surface area contributed by atoms with Gasteiger partial charge in [0.1, 0.15) is 5.82 Å². The summed E-state index contributed by atoms with van der Waals surface area (Å²) in [5.74, 6) is -0.466. The molecule has 92 valence electrons. The summed E-state index contributed by atoms with van der Waals surface area (Å²) in [5.41, 5.74) is 5.72. The van der Waals surface area contributed by atoms with E-state index in [1.54, 1.807) is 0 Å². The molecule has 0 saturated heterocycles. The van der Waals surface area contributed by atoms with Crippen molar-refractivity contribution >= 4 is 11.7 Å². The molecule has 0 aromatic heterocycles. The largest absolute Gasteiger partial charge is 0.435 e. The van der Waals surface area contributed by atoms with Gasteiger partial charge in [0, 0.05) is 5.69 Å². The maximum atomic E-state index is 12.8. The molecule has 2 rings (SSSR count). The van der Waals surface area contributed by atoms with E-state index in [1.807, 2.05) is 0 Å². The lowest BCUT2D eigenvalue weighted by Gasteiger charge is -2.07. The molecular formula is C12H14FNO3. The average molecular weight is 239 g/mol. The molecule has 0 radical (unpaired) electrons. The van der Waals surface area contributed by atoms with Gasteiger partial charge in [-0.05, 0) is 37.0 Å². The minimum absolute atomic E-state index is 0.0668. The Morgan fingerprint density at radius 2 is 2.24 bits per heavy atom. The number of nitrogen functional groups attached to an aromatic ring is 1. The number of rotatable bonds is 5. The predicted molar refractivity (Wildman–Crippen MR) is 59.8 cm³/mol. The molecule has 0 aliphatic heterocycles. The van der Waals surface area contributed by atoms with E-state index in [1.165, 1.54) is 18.9 Å². The highest BCUT2D eigenvalue weighted by molar-refractivity contribution is 5.94. The van der Waals surface area contributed by atoms with Crippen LogP contribution in [-0.2, 0) is 9.47 Å². The standard InChI is InChI=1S/C12H14FNO3/c13-9-3-4-10(11(14)5-9)12(15)17-7-16-6-8-1-2-8/h3-5,8H,1-2,6-7,14H2. The number of ether oxygens (including phenoxy) is 2. The third kappa shape index (κ3) is 3.42. The molecule has 17 heavy (non-hydrogen) atoms. The van der Waals surface area contributed by atoms with Crippen LogP contribution >= 0.6 is 0 Å². The fraction of sp³-hybridized carbons (Fsp3) is 0.417. The molecule has 0 bridgehead atoms. The number of nitrogens with two attached hydrogens (primary N) is 1. The van der Waals surface area contributed by atoms with Gasteiger partial charge in [-0.2, -0.15) is 0 Å². The molecule has 1 fully saturated rings. The van der Waals surface area contributed by atoms with Crippen molar-refractivity contribution < 1.29 is 18.7 Å². The smallest absolute Gasteiger partial charge is 0.342 e. The zero-order chi connectivity index (χ0) is 12.3. The SMILES string of the molecule is Nc1cc(F)ccc1C(=O)OCOCC1CC1. The van der Waals surface area contributed by atoms with Crippen molar-refractivity contribution in [2.45, 2.75) is 12.8 Å². The van der Waals surface area contributed by atoms with E-state index < -0.39 is 11.8 Å². The van der Waals surface area contributed by atoms with Crippen LogP contribution in [0.3, 0.4) is 0 Å². The van der Waals surface area contributed by atoms with Gasteiger partial charge in [-0.15, -0.1) is 0 Å². The molecule has 0 atom stereocenters. The molecule has 2 N–H and O–H groups in total. The van der Waals surface area contributed by atoms with Gasteiger partial charge in [0.25, 0.3) is 0 Å². The first-order valence-corrected chi connectivity index (χ1v) is 5.46. The second-order valence-electron chi connectivity index (χ2n) is 4.10. The monoisotopic (exact) mass is 239 g/mol. The van der Waals surface area contributed by atoms with Crippen molar-refractivity contribution in [1.82, 2.24) is 0 Å². The van der Waals surface area contributed by atoms with Crippen LogP contribution in [0.25, 0.3) is 0 Å². The van der Waals surface area contributed by atoms with E-state index in [9.17, 15) is 9.18 Å². The van der Waals surface area contributed by atoms with E-state index in [4.69, 9.17) is 15.2 Å². The van der Waals surface area contributed by atoms with Crippen molar-refractivity contribution in [3.05, 3.63) is 29.6 Å². The molecule has 1 aliphatic carbocycles. The Morgan fingerprint density at radius 1 is 1.47 bits per heavy atom. The fourth-order valence-corrected chi connectivity index (χ4v) is 1.39. The van der Waals surface area contributed by atoms with E-state index >= 15 is 0 Å². The van der Waals surface area contributed by atoms with Gasteiger partial charge in [-0.25, -0.2) is 9.18 Å². The Balaban J connectivity index is 1.81. The molecular weight excluding hydrogens is 225 g/mol. The summed E-state index contributed by atoms with van der Waals surface area (Å²) in [6.07, 6.45) is 2.36. The first kappa shape index (κ1) is 11.9. The number of halogens is 1. The van der Waals surface area contributed by atoms with Gasteiger partial charge in [-0.3, -0.25) is 0 Å². The fourth-order valence-electron chi connectivity index (χ4n) is 1.39. The number of anilines is 1. The molecule has 1 aromatic rings. The topological polar surface area (TPSA) is 61.6 Å². The van der Waals surface area contributed by atoms with Crippen LogP contribution < -0.4 is 5.73 Å². The molecule has 0 heterocycles. The minimum Gasteiger partial charge on any atom is -0.435 e. The summed E-state index contributed by atoms with van der Waals surface area (Å²) in [5, 5.41) is 0. The van der Waals surface area contributed by atoms with E-state index in [0.29, 0.717) is 12.5 Å². The number of esters is 1. The van der Waals surface area contributed by atoms with E-state index in [0.717, 1.165) is 12.1 Å². The number of benzene rings is 1. The van der Waals surface area contributed by atoms with E-state index in [2.05, 4.69) is 0 Å². The van der Waals surface area contributed by atoms with Crippen molar-refractivity contribution in [2.24, 2.45) is 5.92 Å². The quantitative estimate of drug-likeness (QED) is 0.369. The third-order valence-electron chi connectivity index (χ3n) is 2.56. The lowest BCUT2D eigenvalue weighted by Crippen LogP contribution is -2.12. The van der Waals surface area contributed by atoms with Gasteiger partial charge in [0.15, 0.2) is 6.79 Å². The summed E-state index contributed by atoms with van der Waals surface area (Å²) in [6, 6.07) is 3.55. The lowest BCUT2D eigenvalue weighted by molar-refractivity contribution is -0.0344. The molecule has 1 aromatic carbocycles. The summed E-state index contributed by atoms with van der Waals surface area (Å²) in [7, 11) is 0. The third-order valence-corrected chi connectivity index (χ3v) is 2.56. The lowest BCUT2D eigenvalue weighted by atomic mass is 10.2. The second kappa shape index (κ2) is 5.14. The summed E-state index contributed by atoms with van der Waals surface area (Å²) < 4.78 is 22.8. The van der Waals surface area contributed by atoms with Crippen molar-refractivity contribution in [3.8, 4) is 0 Å². The number of hydrogen-bond donors (Lipinski definition) is 1. The first-order valence-electron chi connectivity index (χ1n) is 5.46. The number of carbonyl (C=O) groups is 1. The van der Waals surface area contributed by atoms with Gasteiger partial charge < -0.3 is 15.2 Å². The van der Waals surface area contributed by atoms with Crippen molar-refractivity contribution in [3.63, 3.8) is 0 Å². The highest BCUT2D eigenvalue weighted by Crippen LogP contribution is 2.28. The maximum absolute atomic E-state index is 12.8.